The molecule has 186 valence electrons. The molecule has 34 heavy (non-hydrogen) atoms. The zero-order valence-electron chi connectivity index (χ0n) is 20.6. The van der Waals surface area contributed by atoms with Crippen molar-refractivity contribution in [2.24, 2.45) is 0 Å². The van der Waals surface area contributed by atoms with Gasteiger partial charge in [-0.15, -0.1) is 0 Å². The number of hydrogen-bond acceptors (Lipinski definition) is 6. The molecule has 0 saturated heterocycles. The first-order valence-electron chi connectivity index (χ1n) is 12.5. The van der Waals surface area contributed by atoms with Crippen molar-refractivity contribution in [3.8, 4) is 0 Å². The quantitative estimate of drug-likeness (QED) is 0.269. The molecule has 2 N–H and O–H groups in total. The van der Waals surface area contributed by atoms with Crippen molar-refractivity contribution in [1.82, 2.24) is 10.6 Å². The fourth-order valence-electron chi connectivity index (χ4n) is 3.51. The maximum atomic E-state index is 12.7. The molecule has 0 amide bonds. The number of nitrogens with one attached hydrogen (secondary N) is 2. The van der Waals surface area contributed by atoms with Crippen LogP contribution in [0.5, 0.6) is 0 Å². The lowest BCUT2D eigenvalue weighted by atomic mass is 10.1. The number of ether oxygens (including phenoxy) is 2. The molecule has 6 heteroatoms. The van der Waals surface area contributed by atoms with Crippen LogP contribution in [0.4, 0.5) is 0 Å². The minimum absolute atomic E-state index is 0.239. The summed E-state index contributed by atoms with van der Waals surface area (Å²) in [5.74, 6) is -0.478. The van der Waals surface area contributed by atoms with Crippen LogP contribution in [0.3, 0.4) is 0 Å². The van der Waals surface area contributed by atoms with Crippen LogP contribution in [0.1, 0.15) is 50.7 Å². The molecule has 0 aliphatic rings. The van der Waals surface area contributed by atoms with E-state index in [1.54, 1.807) is 0 Å². The van der Waals surface area contributed by atoms with E-state index in [2.05, 4.69) is 24.5 Å². The number of hydrogen-bond donors (Lipinski definition) is 2. The molecule has 2 aromatic rings. The maximum absolute atomic E-state index is 12.7. The van der Waals surface area contributed by atoms with Crippen molar-refractivity contribution >= 4 is 11.9 Å². The van der Waals surface area contributed by atoms with Crippen LogP contribution in [-0.4, -0.2) is 50.3 Å². The smallest absolute Gasteiger partial charge is 0.323 e. The third-order valence-corrected chi connectivity index (χ3v) is 5.53. The summed E-state index contributed by atoms with van der Waals surface area (Å²) < 4.78 is 10.9. The molecule has 0 heterocycles. The predicted octanol–water partition coefficient (Wildman–Crippen LogP) is 4.07. The third-order valence-electron chi connectivity index (χ3n) is 5.53. The Bertz CT molecular complexity index is 744. The van der Waals surface area contributed by atoms with Gasteiger partial charge in [0, 0.05) is 13.1 Å². The van der Waals surface area contributed by atoms with Crippen molar-refractivity contribution in [2.75, 3.05) is 26.3 Å². The average Bonchev–Trinajstić information content (AvgIpc) is 2.86. The van der Waals surface area contributed by atoms with Crippen LogP contribution in [0, 0.1) is 0 Å². The number of unbranched alkanes of at least 4 members (excludes halogenated alkanes) is 2. The highest BCUT2D eigenvalue weighted by Crippen LogP contribution is 2.07. The lowest BCUT2D eigenvalue weighted by Crippen LogP contribution is -2.46. The van der Waals surface area contributed by atoms with E-state index < -0.39 is 12.1 Å². The summed E-state index contributed by atoms with van der Waals surface area (Å²) in [6.45, 7) is 6.05. The van der Waals surface area contributed by atoms with Crippen LogP contribution in [-0.2, 0) is 31.9 Å². The molecule has 0 radical (unpaired) electrons. The Labute approximate surface area is 204 Å². The normalized spacial score (nSPS) is 12.6. The molecule has 2 aromatic carbocycles. The first-order valence-corrected chi connectivity index (χ1v) is 12.5. The topological polar surface area (TPSA) is 76.7 Å². The number of carbonyl (C=O) groups is 2. The molecule has 6 nitrogen and oxygen atoms in total. The second-order valence-electron chi connectivity index (χ2n) is 8.43. The summed E-state index contributed by atoms with van der Waals surface area (Å²) >= 11 is 0. The van der Waals surface area contributed by atoms with Gasteiger partial charge in [0.25, 0.3) is 0 Å². The highest BCUT2D eigenvalue weighted by atomic mass is 16.5. The van der Waals surface area contributed by atoms with Crippen molar-refractivity contribution in [3.63, 3.8) is 0 Å². The predicted molar refractivity (Wildman–Crippen MR) is 136 cm³/mol. The zero-order valence-corrected chi connectivity index (χ0v) is 20.6. The van der Waals surface area contributed by atoms with Gasteiger partial charge in [-0.1, -0.05) is 87.4 Å². The molecular weight excluding hydrogens is 428 g/mol. The minimum atomic E-state index is -0.440. The lowest BCUT2D eigenvalue weighted by Gasteiger charge is -2.21. The highest BCUT2D eigenvalue weighted by Gasteiger charge is 2.22. The van der Waals surface area contributed by atoms with E-state index >= 15 is 0 Å². The van der Waals surface area contributed by atoms with Crippen molar-refractivity contribution < 1.29 is 19.1 Å². The number of benzene rings is 2. The number of carbonyl (C=O) groups excluding carboxylic acids is 2. The third kappa shape index (κ3) is 10.9. The van der Waals surface area contributed by atoms with E-state index in [-0.39, 0.29) is 11.9 Å². The molecular formula is C28H40N2O4. The van der Waals surface area contributed by atoms with Crippen LogP contribution in [0.2, 0.25) is 0 Å². The monoisotopic (exact) mass is 468 g/mol. The Morgan fingerprint density at radius 1 is 0.676 bits per heavy atom. The SMILES string of the molecule is CCCCOC(=O)[C@H](Cc1ccccc1)NCCN[C@@H](Cc1ccccc1)C(=O)OCCCC. The molecule has 0 bridgehead atoms. The van der Waals surface area contributed by atoms with Crippen LogP contribution in [0.15, 0.2) is 60.7 Å². The minimum Gasteiger partial charge on any atom is -0.465 e. The van der Waals surface area contributed by atoms with Gasteiger partial charge >= 0.3 is 11.9 Å². The van der Waals surface area contributed by atoms with E-state index in [1.807, 2.05) is 60.7 Å². The van der Waals surface area contributed by atoms with Crippen LogP contribution in [0.25, 0.3) is 0 Å². The van der Waals surface area contributed by atoms with Crippen molar-refractivity contribution in [2.45, 2.75) is 64.5 Å². The summed E-state index contributed by atoms with van der Waals surface area (Å²) in [5.41, 5.74) is 2.14. The molecule has 0 aliphatic carbocycles. The Kier molecular flexibility index (Phi) is 13.6. The van der Waals surface area contributed by atoms with Gasteiger partial charge in [-0.2, -0.15) is 0 Å². The van der Waals surface area contributed by atoms with E-state index in [0.717, 1.165) is 36.8 Å². The Morgan fingerprint density at radius 2 is 1.06 bits per heavy atom. The molecule has 0 aliphatic heterocycles. The molecule has 0 aromatic heterocycles. The second-order valence-corrected chi connectivity index (χ2v) is 8.43. The van der Waals surface area contributed by atoms with Crippen LogP contribution < -0.4 is 10.6 Å². The fraction of sp³-hybridized carbons (Fsp3) is 0.500. The summed E-state index contributed by atoms with van der Waals surface area (Å²) in [6, 6.07) is 18.9. The van der Waals surface area contributed by atoms with Crippen molar-refractivity contribution in [3.05, 3.63) is 71.8 Å². The second kappa shape index (κ2) is 16.8. The molecule has 0 unspecified atom stereocenters. The average molecular weight is 469 g/mol. The Balaban J connectivity index is 1.92. The summed E-state index contributed by atoms with van der Waals surface area (Å²) in [5, 5.41) is 6.63. The van der Waals surface area contributed by atoms with E-state index in [1.165, 1.54) is 0 Å². The van der Waals surface area contributed by atoms with E-state index in [4.69, 9.17) is 9.47 Å². The van der Waals surface area contributed by atoms with Crippen molar-refractivity contribution in [1.29, 1.82) is 0 Å². The number of rotatable bonds is 17. The highest BCUT2D eigenvalue weighted by molar-refractivity contribution is 5.76. The maximum Gasteiger partial charge on any atom is 0.323 e. The lowest BCUT2D eigenvalue weighted by molar-refractivity contribution is -0.147. The molecule has 2 atom stereocenters. The van der Waals surface area contributed by atoms with Gasteiger partial charge in [0.1, 0.15) is 12.1 Å². The summed E-state index contributed by atoms with van der Waals surface area (Å²) in [6.07, 6.45) is 4.77. The first kappa shape index (κ1) is 27.5. The van der Waals surface area contributed by atoms with Crippen LogP contribution >= 0.6 is 0 Å². The standard InChI is InChI=1S/C28H40N2O4/c1-3-5-19-33-27(31)25(21-23-13-9-7-10-14-23)29-17-18-30-26(28(32)34-20-6-4-2)22-24-15-11-8-12-16-24/h7-16,25-26,29-30H,3-6,17-22H2,1-2H3/t25-,26-/m0/s1. The Morgan fingerprint density at radius 3 is 1.41 bits per heavy atom. The van der Waals surface area contributed by atoms with E-state index in [9.17, 15) is 9.59 Å². The molecule has 0 spiro atoms. The van der Waals surface area contributed by atoms with Gasteiger partial charge in [-0.25, -0.2) is 0 Å². The zero-order chi connectivity index (χ0) is 24.4. The van der Waals surface area contributed by atoms with Gasteiger partial charge in [-0.3, -0.25) is 9.59 Å². The van der Waals surface area contributed by atoms with E-state index in [0.29, 0.717) is 39.1 Å². The van der Waals surface area contributed by atoms with Gasteiger partial charge in [0.05, 0.1) is 13.2 Å². The first-order chi connectivity index (χ1) is 16.6. The number of esters is 2. The molecule has 0 fully saturated rings. The van der Waals surface area contributed by atoms with Gasteiger partial charge in [-0.05, 0) is 36.8 Å². The Hall–Kier alpha value is -2.70. The van der Waals surface area contributed by atoms with Gasteiger partial charge in [0.15, 0.2) is 0 Å². The summed E-state index contributed by atoms with van der Waals surface area (Å²) in [7, 11) is 0. The van der Waals surface area contributed by atoms with Gasteiger partial charge in [0.2, 0.25) is 0 Å². The molecule has 0 saturated carbocycles. The largest absolute Gasteiger partial charge is 0.465 e. The summed E-state index contributed by atoms with van der Waals surface area (Å²) in [4.78, 5) is 25.3. The fourth-order valence-corrected chi connectivity index (χ4v) is 3.51. The van der Waals surface area contributed by atoms with Gasteiger partial charge < -0.3 is 20.1 Å². The molecule has 2 rings (SSSR count).